The molecule has 0 unspecified atom stereocenters. The molecule has 0 bridgehead atoms. The van der Waals surface area contributed by atoms with E-state index in [1.807, 2.05) is 0 Å². The number of amides is 1. The van der Waals surface area contributed by atoms with E-state index < -0.39 is 4.92 Å². The number of hydrazine groups is 1. The number of benzene rings is 2. The van der Waals surface area contributed by atoms with E-state index in [0.29, 0.717) is 10.9 Å². The summed E-state index contributed by atoms with van der Waals surface area (Å²) in [7, 11) is 1.58. The highest BCUT2D eigenvalue weighted by Crippen LogP contribution is 2.20. The van der Waals surface area contributed by atoms with Gasteiger partial charge in [-0.15, -0.1) is 0 Å². The van der Waals surface area contributed by atoms with Crippen molar-refractivity contribution in [2.45, 2.75) is 6.54 Å². The zero-order chi connectivity index (χ0) is 20.1. The maximum atomic E-state index is 12.1. The summed E-state index contributed by atoms with van der Waals surface area (Å²) in [5.74, 6) is 0.330. The van der Waals surface area contributed by atoms with Gasteiger partial charge in [0.15, 0.2) is 5.11 Å². The second kappa shape index (κ2) is 8.31. The minimum atomic E-state index is -0.482. The van der Waals surface area contributed by atoms with Crippen LogP contribution in [0.1, 0.15) is 0 Å². The van der Waals surface area contributed by atoms with Crippen molar-refractivity contribution in [3.05, 3.63) is 58.8 Å². The van der Waals surface area contributed by atoms with Crippen LogP contribution in [-0.4, -0.2) is 32.8 Å². The van der Waals surface area contributed by atoms with Crippen molar-refractivity contribution in [3.63, 3.8) is 0 Å². The number of nitrogens with one attached hydrogen (secondary N) is 3. The molecular formula is C17H16N6O4S. The summed E-state index contributed by atoms with van der Waals surface area (Å²) >= 11 is 5.12. The predicted molar refractivity (Wildman–Crippen MR) is 107 cm³/mol. The quantitative estimate of drug-likeness (QED) is 0.337. The van der Waals surface area contributed by atoms with Crippen LogP contribution in [0.5, 0.6) is 5.75 Å². The van der Waals surface area contributed by atoms with Gasteiger partial charge in [-0.3, -0.25) is 30.4 Å². The number of aromatic nitrogens is 2. The fourth-order valence-electron chi connectivity index (χ4n) is 2.45. The van der Waals surface area contributed by atoms with Gasteiger partial charge in [-0.25, -0.2) is 0 Å². The summed E-state index contributed by atoms with van der Waals surface area (Å²) in [6.07, 6.45) is 1.47. The van der Waals surface area contributed by atoms with Crippen molar-refractivity contribution in [3.8, 4) is 5.75 Å². The number of nitrogens with zero attached hydrogens (tertiary/aromatic N) is 3. The Balaban J connectivity index is 1.54. The van der Waals surface area contributed by atoms with E-state index in [4.69, 9.17) is 17.0 Å². The highest BCUT2D eigenvalue weighted by atomic mass is 32.1. The summed E-state index contributed by atoms with van der Waals surface area (Å²) in [6, 6.07) is 11.4. The van der Waals surface area contributed by atoms with Gasteiger partial charge >= 0.3 is 0 Å². The van der Waals surface area contributed by atoms with Gasteiger partial charge in [-0.05, 0) is 42.5 Å². The minimum absolute atomic E-state index is 0.0341. The molecular weight excluding hydrogens is 384 g/mol. The number of methoxy groups -OCH3 is 1. The summed E-state index contributed by atoms with van der Waals surface area (Å²) in [5.41, 5.74) is 6.38. The Hall–Kier alpha value is -3.73. The van der Waals surface area contributed by atoms with Crippen molar-refractivity contribution in [2.24, 2.45) is 0 Å². The molecule has 10 nitrogen and oxygen atoms in total. The Morgan fingerprint density at radius 3 is 2.68 bits per heavy atom. The van der Waals surface area contributed by atoms with Crippen molar-refractivity contribution < 1.29 is 14.5 Å². The van der Waals surface area contributed by atoms with Crippen molar-refractivity contribution in [1.29, 1.82) is 0 Å². The molecule has 3 rings (SSSR count). The smallest absolute Gasteiger partial charge is 0.270 e. The normalized spacial score (nSPS) is 10.3. The van der Waals surface area contributed by atoms with E-state index in [-0.39, 0.29) is 23.3 Å². The molecule has 0 fully saturated rings. The fraction of sp³-hybridized carbons (Fsp3) is 0.118. The molecule has 11 heteroatoms. The lowest BCUT2D eigenvalue weighted by Crippen LogP contribution is -2.45. The number of nitro groups is 1. The average Bonchev–Trinajstić information content (AvgIpc) is 3.09. The highest BCUT2D eigenvalue weighted by Gasteiger charge is 2.12. The van der Waals surface area contributed by atoms with Crippen LogP contribution in [-0.2, 0) is 11.3 Å². The van der Waals surface area contributed by atoms with Gasteiger partial charge in [0, 0.05) is 23.2 Å². The van der Waals surface area contributed by atoms with E-state index in [1.165, 1.54) is 23.0 Å². The minimum Gasteiger partial charge on any atom is -0.497 e. The number of hydrogen-bond acceptors (Lipinski definition) is 6. The van der Waals surface area contributed by atoms with Gasteiger partial charge < -0.3 is 10.1 Å². The molecule has 0 saturated heterocycles. The largest absolute Gasteiger partial charge is 0.497 e. The number of carbonyl (C=O) groups is 1. The van der Waals surface area contributed by atoms with Gasteiger partial charge in [-0.1, -0.05) is 0 Å². The van der Waals surface area contributed by atoms with Crippen LogP contribution >= 0.6 is 12.2 Å². The maximum Gasteiger partial charge on any atom is 0.270 e. The molecule has 0 saturated carbocycles. The van der Waals surface area contributed by atoms with Crippen LogP contribution in [0.25, 0.3) is 10.9 Å². The van der Waals surface area contributed by atoms with Crippen molar-refractivity contribution in [2.75, 3.05) is 12.4 Å². The molecule has 1 aromatic heterocycles. The summed E-state index contributed by atoms with van der Waals surface area (Å²) in [6.45, 7) is -0.0839. The lowest BCUT2D eigenvalue weighted by Gasteiger charge is -2.12. The molecule has 0 aliphatic rings. The Morgan fingerprint density at radius 1 is 1.25 bits per heavy atom. The Morgan fingerprint density at radius 2 is 2.00 bits per heavy atom. The summed E-state index contributed by atoms with van der Waals surface area (Å²) in [4.78, 5) is 22.5. The summed E-state index contributed by atoms with van der Waals surface area (Å²) in [5, 5.41) is 18.6. The van der Waals surface area contributed by atoms with Crippen LogP contribution in [0.4, 0.5) is 11.4 Å². The number of non-ortho nitro benzene ring substituents is 1. The number of ether oxygens (including phenoxy) is 1. The topological polar surface area (TPSA) is 123 Å². The monoisotopic (exact) mass is 400 g/mol. The lowest BCUT2D eigenvalue weighted by molar-refractivity contribution is -0.384. The van der Waals surface area contributed by atoms with E-state index in [0.717, 1.165) is 11.4 Å². The SMILES string of the molecule is COc1ccc(NC(=S)NNC(=O)Cn2ncc3cc([N+](=O)[O-])ccc32)cc1. The standard InChI is InChI=1S/C17H16N6O4S/c1-27-14-5-2-12(3-6-14)19-17(28)21-20-16(24)10-22-15-7-4-13(23(25)26)8-11(15)9-18-22/h2-9H,10H2,1H3,(H,20,24)(H2,19,21,28). The van der Waals surface area contributed by atoms with Crippen LogP contribution < -0.4 is 20.9 Å². The van der Waals surface area contributed by atoms with Crippen LogP contribution in [0.3, 0.4) is 0 Å². The fourth-order valence-corrected chi connectivity index (χ4v) is 2.62. The van der Waals surface area contributed by atoms with Gasteiger partial charge in [0.05, 0.1) is 23.7 Å². The van der Waals surface area contributed by atoms with E-state index >= 15 is 0 Å². The first kappa shape index (κ1) is 19.0. The molecule has 0 spiro atoms. The molecule has 1 amide bonds. The molecule has 1 heterocycles. The second-order valence-electron chi connectivity index (χ2n) is 5.66. The first-order chi connectivity index (χ1) is 13.5. The van der Waals surface area contributed by atoms with E-state index in [1.54, 1.807) is 37.4 Å². The number of nitro benzene ring substituents is 1. The molecule has 3 aromatic rings. The lowest BCUT2D eigenvalue weighted by atomic mass is 10.2. The molecule has 0 atom stereocenters. The third-order valence-corrected chi connectivity index (χ3v) is 4.00. The molecule has 0 aliphatic carbocycles. The third kappa shape index (κ3) is 4.51. The maximum absolute atomic E-state index is 12.1. The van der Waals surface area contributed by atoms with Crippen molar-refractivity contribution >= 4 is 45.5 Å². The number of rotatable bonds is 5. The molecule has 0 radical (unpaired) electrons. The predicted octanol–water partition coefficient (Wildman–Crippen LogP) is 1.97. The number of fused-ring (bicyclic) bond motifs is 1. The zero-order valence-corrected chi connectivity index (χ0v) is 15.5. The Bertz CT molecular complexity index is 1030. The van der Waals surface area contributed by atoms with Gasteiger partial charge in [-0.2, -0.15) is 5.10 Å². The highest BCUT2D eigenvalue weighted by molar-refractivity contribution is 7.80. The number of carbonyl (C=O) groups excluding carboxylic acids is 1. The van der Waals surface area contributed by atoms with Crippen molar-refractivity contribution in [1.82, 2.24) is 20.6 Å². The van der Waals surface area contributed by atoms with Gasteiger partial charge in [0.25, 0.3) is 11.6 Å². The Labute approximate surface area is 164 Å². The molecule has 3 N–H and O–H groups in total. The molecule has 28 heavy (non-hydrogen) atoms. The molecule has 144 valence electrons. The number of hydrogen-bond donors (Lipinski definition) is 3. The number of anilines is 1. The number of thiocarbonyl (C=S) groups is 1. The van der Waals surface area contributed by atoms with Crippen LogP contribution in [0, 0.1) is 10.1 Å². The second-order valence-corrected chi connectivity index (χ2v) is 6.07. The third-order valence-electron chi connectivity index (χ3n) is 3.79. The molecule has 2 aromatic carbocycles. The van der Waals surface area contributed by atoms with Gasteiger partial charge in [0.1, 0.15) is 12.3 Å². The first-order valence-electron chi connectivity index (χ1n) is 8.06. The zero-order valence-electron chi connectivity index (χ0n) is 14.7. The average molecular weight is 400 g/mol. The van der Waals surface area contributed by atoms with E-state index in [2.05, 4.69) is 21.3 Å². The Kier molecular flexibility index (Phi) is 5.65. The molecule has 0 aliphatic heterocycles. The van der Waals surface area contributed by atoms with E-state index in [9.17, 15) is 14.9 Å². The van der Waals surface area contributed by atoms with Gasteiger partial charge in [0.2, 0.25) is 0 Å². The van der Waals surface area contributed by atoms with Crippen LogP contribution in [0.2, 0.25) is 0 Å². The first-order valence-corrected chi connectivity index (χ1v) is 8.47. The van der Waals surface area contributed by atoms with Crippen LogP contribution in [0.15, 0.2) is 48.7 Å². The summed E-state index contributed by atoms with van der Waals surface area (Å²) < 4.78 is 6.52.